The lowest BCUT2D eigenvalue weighted by Crippen LogP contribution is -2.25. The Kier molecular flexibility index (Phi) is 4.00. The van der Waals surface area contributed by atoms with E-state index in [9.17, 15) is 0 Å². The van der Waals surface area contributed by atoms with Crippen LogP contribution < -0.4 is 5.73 Å². The van der Waals surface area contributed by atoms with Crippen LogP contribution in [0.15, 0.2) is 0 Å². The highest BCUT2D eigenvalue weighted by Gasteiger charge is 2.22. The molecule has 0 saturated heterocycles. The van der Waals surface area contributed by atoms with Gasteiger partial charge in [0.25, 0.3) is 0 Å². The van der Waals surface area contributed by atoms with Gasteiger partial charge in [-0.15, -0.1) is 0 Å². The van der Waals surface area contributed by atoms with E-state index in [0.29, 0.717) is 0 Å². The fraction of sp³-hybridized carbons (Fsp3) is 0.769. The van der Waals surface area contributed by atoms with Crippen LogP contribution >= 0.6 is 0 Å². The molecule has 1 aromatic heterocycles. The molecule has 0 atom stereocenters. The minimum Gasteiger partial charge on any atom is -0.384 e. The Morgan fingerprint density at radius 1 is 1.12 bits per heavy atom. The summed E-state index contributed by atoms with van der Waals surface area (Å²) >= 11 is 0. The molecule has 2 N–H and O–H groups in total. The molecule has 1 aromatic rings. The second-order valence-corrected chi connectivity index (χ2v) is 5.37. The van der Waals surface area contributed by atoms with E-state index in [2.05, 4.69) is 39.2 Å². The van der Waals surface area contributed by atoms with Gasteiger partial charge in [0.2, 0.25) is 0 Å². The molecule has 0 fully saturated rings. The second-order valence-electron chi connectivity index (χ2n) is 5.37. The topological polar surface area (TPSA) is 43.8 Å². The van der Waals surface area contributed by atoms with Gasteiger partial charge in [0.15, 0.2) is 0 Å². The van der Waals surface area contributed by atoms with Crippen LogP contribution in [0.4, 0.5) is 5.82 Å². The van der Waals surface area contributed by atoms with Gasteiger partial charge < -0.3 is 10.3 Å². The maximum Gasteiger partial charge on any atom is 0.127 e. The first-order valence-corrected chi connectivity index (χ1v) is 6.28. The highest BCUT2D eigenvalue weighted by Crippen LogP contribution is 2.26. The first kappa shape index (κ1) is 13.1. The van der Waals surface area contributed by atoms with Gasteiger partial charge in [-0.1, -0.05) is 20.3 Å². The van der Waals surface area contributed by atoms with Crippen LogP contribution in [0, 0.1) is 0 Å². The van der Waals surface area contributed by atoms with Gasteiger partial charge in [0.1, 0.15) is 11.6 Å². The summed E-state index contributed by atoms with van der Waals surface area (Å²) < 4.78 is 2.20. The molecule has 0 radical (unpaired) electrons. The summed E-state index contributed by atoms with van der Waals surface area (Å²) in [5, 5.41) is 0. The second kappa shape index (κ2) is 4.89. The molecule has 3 heteroatoms. The molecular weight excluding hydrogens is 198 g/mol. The van der Waals surface area contributed by atoms with E-state index in [0.717, 1.165) is 43.0 Å². The number of imidazole rings is 1. The summed E-state index contributed by atoms with van der Waals surface area (Å²) in [7, 11) is 0. The number of nitrogens with zero attached hydrogens (tertiary/aromatic N) is 2. The Bertz CT molecular complexity index is 345. The highest BCUT2D eigenvalue weighted by molar-refractivity contribution is 5.39. The van der Waals surface area contributed by atoms with Crippen LogP contribution in [-0.4, -0.2) is 9.55 Å². The molecule has 0 bridgehead atoms. The molecule has 92 valence electrons. The fourth-order valence-corrected chi connectivity index (χ4v) is 2.09. The molecule has 0 aliphatic carbocycles. The Morgan fingerprint density at radius 3 is 2.12 bits per heavy atom. The quantitative estimate of drug-likeness (QED) is 0.852. The Balaban J connectivity index is 3.20. The summed E-state index contributed by atoms with van der Waals surface area (Å²) in [6, 6.07) is 0. The summed E-state index contributed by atoms with van der Waals surface area (Å²) in [6.45, 7) is 10.9. The summed E-state index contributed by atoms with van der Waals surface area (Å²) in [5.74, 6) is 1.99. The van der Waals surface area contributed by atoms with E-state index in [1.165, 1.54) is 0 Å². The first-order valence-electron chi connectivity index (χ1n) is 6.28. The minimum atomic E-state index is 0.0214. The van der Waals surface area contributed by atoms with E-state index in [1.807, 2.05) is 0 Å². The van der Waals surface area contributed by atoms with Gasteiger partial charge in [0.05, 0.1) is 5.69 Å². The number of anilines is 1. The van der Waals surface area contributed by atoms with Crippen LogP contribution in [0.2, 0.25) is 0 Å². The molecule has 3 nitrogen and oxygen atoms in total. The molecule has 0 saturated carbocycles. The van der Waals surface area contributed by atoms with Crippen LogP contribution in [0.3, 0.4) is 0 Å². The van der Waals surface area contributed by atoms with Gasteiger partial charge in [0, 0.05) is 12.0 Å². The van der Waals surface area contributed by atoms with E-state index in [1.54, 1.807) is 0 Å². The molecule has 16 heavy (non-hydrogen) atoms. The SMILES string of the molecule is CCCc1nc(CCC)n(C(C)(C)C)c1N. The molecule has 0 aliphatic heterocycles. The Morgan fingerprint density at radius 2 is 1.69 bits per heavy atom. The highest BCUT2D eigenvalue weighted by atomic mass is 15.2. The minimum absolute atomic E-state index is 0.0214. The molecule has 0 aromatic carbocycles. The van der Waals surface area contributed by atoms with Gasteiger partial charge in [-0.05, 0) is 33.6 Å². The largest absolute Gasteiger partial charge is 0.384 e. The van der Waals surface area contributed by atoms with Gasteiger partial charge in [-0.25, -0.2) is 4.98 Å². The standard InChI is InChI=1S/C13H25N3/c1-6-8-10-12(14)16(13(3,4)5)11(15-10)9-7-2/h6-9,14H2,1-5H3. The van der Waals surface area contributed by atoms with Crippen molar-refractivity contribution in [3.05, 3.63) is 11.5 Å². The van der Waals surface area contributed by atoms with Crippen molar-refractivity contribution in [3.8, 4) is 0 Å². The molecule has 0 unspecified atom stereocenters. The number of nitrogen functional groups attached to an aromatic ring is 1. The third kappa shape index (κ3) is 2.57. The number of aryl methyl sites for hydroxylation is 2. The normalized spacial score (nSPS) is 12.1. The van der Waals surface area contributed by atoms with Crippen molar-refractivity contribution in [2.45, 2.75) is 65.8 Å². The lowest BCUT2D eigenvalue weighted by molar-refractivity contribution is 0.387. The summed E-state index contributed by atoms with van der Waals surface area (Å²) in [5.41, 5.74) is 7.30. The van der Waals surface area contributed by atoms with E-state index < -0.39 is 0 Å². The average Bonchev–Trinajstić information content (AvgIpc) is 2.43. The lowest BCUT2D eigenvalue weighted by atomic mass is 10.1. The van der Waals surface area contributed by atoms with Gasteiger partial charge in [-0.2, -0.15) is 0 Å². The zero-order valence-electron chi connectivity index (χ0n) is 11.3. The number of hydrogen-bond acceptors (Lipinski definition) is 2. The molecule has 0 amide bonds. The molecular formula is C13H25N3. The zero-order valence-corrected chi connectivity index (χ0v) is 11.3. The van der Waals surface area contributed by atoms with Crippen LogP contribution in [-0.2, 0) is 18.4 Å². The van der Waals surface area contributed by atoms with E-state index >= 15 is 0 Å². The summed E-state index contributed by atoms with van der Waals surface area (Å²) in [6.07, 6.45) is 4.19. The maximum absolute atomic E-state index is 6.21. The summed E-state index contributed by atoms with van der Waals surface area (Å²) in [4.78, 5) is 4.69. The van der Waals surface area contributed by atoms with Crippen molar-refractivity contribution in [3.63, 3.8) is 0 Å². The maximum atomic E-state index is 6.21. The van der Waals surface area contributed by atoms with Crippen LogP contribution in [0.5, 0.6) is 0 Å². The van der Waals surface area contributed by atoms with Gasteiger partial charge >= 0.3 is 0 Å². The third-order valence-electron chi connectivity index (χ3n) is 2.69. The number of nitrogens with two attached hydrogens (primary N) is 1. The number of rotatable bonds is 4. The van der Waals surface area contributed by atoms with E-state index in [4.69, 9.17) is 10.7 Å². The van der Waals surface area contributed by atoms with Crippen LogP contribution in [0.25, 0.3) is 0 Å². The predicted octanol–water partition coefficient (Wildman–Crippen LogP) is 3.13. The Hall–Kier alpha value is -0.990. The van der Waals surface area contributed by atoms with Crippen molar-refractivity contribution in [1.82, 2.24) is 9.55 Å². The molecule has 1 rings (SSSR count). The zero-order chi connectivity index (χ0) is 12.3. The smallest absolute Gasteiger partial charge is 0.127 e. The van der Waals surface area contributed by atoms with Crippen molar-refractivity contribution in [2.75, 3.05) is 5.73 Å². The molecule has 1 heterocycles. The third-order valence-corrected chi connectivity index (χ3v) is 2.69. The predicted molar refractivity (Wildman–Crippen MR) is 69.6 cm³/mol. The Labute approximate surface area is 99.1 Å². The molecule has 0 spiro atoms. The van der Waals surface area contributed by atoms with Crippen molar-refractivity contribution in [2.24, 2.45) is 0 Å². The number of aromatic nitrogens is 2. The monoisotopic (exact) mass is 223 g/mol. The lowest BCUT2D eigenvalue weighted by Gasteiger charge is -2.25. The first-order chi connectivity index (χ1) is 7.41. The average molecular weight is 223 g/mol. The molecule has 0 aliphatic rings. The van der Waals surface area contributed by atoms with Crippen LogP contribution in [0.1, 0.15) is 59.0 Å². The van der Waals surface area contributed by atoms with E-state index in [-0.39, 0.29) is 5.54 Å². The van der Waals surface area contributed by atoms with Crippen molar-refractivity contribution >= 4 is 5.82 Å². The van der Waals surface area contributed by atoms with Gasteiger partial charge in [-0.3, -0.25) is 0 Å². The van der Waals surface area contributed by atoms with Crippen molar-refractivity contribution in [1.29, 1.82) is 0 Å². The van der Waals surface area contributed by atoms with Crippen molar-refractivity contribution < 1.29 is 0 Å². The fourth-order valence-electron chi connectivity index (χ4n) is 2.09. The number of hydrogen-bond donors (Lipinski definition) is 1.